The Labute approximate surface area is 246 Å². The van der Waals surface area contributed by atoms with Gasteiger partial charge < -0.3 is 26.2 Å². The van der Waals surface area contributed by atoms with E-state index in [0.29, 0.717) is 24.3 Å². The maximum Gasteiger partial charge on any atom is 0.326 e. The summed E-state index contributed by atoms with van der Waals surface area (Å²) in [4.78, 5) is 39.2. The third-order valence-corrected chi connectivity index (χ3v) is 9.42. The number of hydrogen-bond acceptors (Lipinski definition) is 8. The minimum absolute atomic E-state index is 0.0253. The first kappa shape index (κ1) is 31.4. The Kier molecular flexibility index (Phi) is 10.9. The van der Waals surface area contributed by atoms with E-state index < -0.39 is 39.9 Å². The Morgan fingerprint density at radius 1 is 1.02 bits per heavy atom. The number of ether oxygens (including phenoxy) is 1. The fraction of sp³-hybridized carbons (Fsp3) is 0.483. The van der Waals surface area contributed by atoms with Gasteiger partial charge in [-0.2, -0.15) is 4.31 Å². The summed E-state index contributed by atoms with van der Waals surface area (Å²) in [7, 11) is -4.11. The fourth-order valence-electron chi connectivity index (χ4n) is 5.27. The molecule has 12 nitrogen and oxygen atoms in total. The van der Waals surface area contributed by atoms with E-state index in [-0.39, 0.29) is 36.5 Å². The monoisotopic (exact) mass is 601 g/mol. The van der Waals surface area contributed by atoms with Gasteiger partial charge in [0, 0.05) is 25.2 Å². The number of hydrogen-bond donors (Lipinski definition) is 4. The molecule has 0 bridgehead atoms. The Morgan fingerprint density at radius 3 is 2.45 bits per heavy atom. The van der Waals surface area contributed by atoms with Gasteiger partial charge in [0.15, 0.2) is 0 Å². The second-order valence-electron chi connectivity index (χ2n) is 10.6. The number of carbonyl (C=O) groups is 3. The molecule has 2 amide bonds. The van der Waals surface area contributed by atoms with Gasteiger partial charge >= 0.3 is 5.97 Å². The normalized spacial score (nSPS) is 18.7. The number of piperidine rings is 1. The van der Waals surface area contributed by atoms with Crippen molar-refractivity contribution in [3.8, 4) is 5.75 Å². The molecule has 0 aliphatic carbocycles. The molecule has 2 aliphatic heterocycles. The number of carbonyl (C=O) groups excluding carboxylic acids is 2. The Hall–Kier alpha value is -3.52. The first-order valence-electron chi connectivity index (χ1n) is 14.3. The van der Waals surface area contributed by atoms with Crippen LogP contribution >= 0.6 is 0 Å². The van der Waals surface area contributed by atoms with Crippen molar-refractivity contribution in [1.29, 1.82) is 0 Å². The van der Waals surface area contributed by atoms with E-state index >= 15 is 0 Å². The molecule has 13 heteroatoms. The third-order valence-electron chi connectivity index (χ3n) is 7.52. The summed E-state index contributed by atoms with van der Waals surface area (Å²) < 4.78 is 33.8. The van der Waals surface area contributed by atoms with Crippen LogP contribution in [0.3, 0.4) is 0 Å². The zero-order chi connectivity index (χ0) is 30.1. The largest absolute Gasteiger partial charge is 0.492 e. The second-order valence-corrected chi connectivity index (χ2v) is 12.4. The van der Waals surface area contributed by atoms with Gasteiger partial charge in [-0.1, -0.05) is 24.6 Å². The number of nitrogens with two attached hydrogens (primary N) is 1. The molecule has 2 heterocycles. The number of sulfonamides is 1. The minimum Gasteiger partial charge on any atom is -0.492 e. The second kappa shape index (κ2) is 14.6. The van der Waals surface area contributed by atoms with Crippen molar-refractivity contribution in [2.75, 3.05) is 44.6 Å². The molecule has 5 N–H and O–H groups in total. The van der Waals surface area contributed by atoms with Crippen molar-refractivity contribution in [2.24, 2.45) is 5.73 Å². The summed E-state index contributed by atoms with van der Waals surface area (Å²) in [6.45, 7) is 3.47. The molecule has 4 rings (SSSR count). The molecule has 0 aromatic heterocycles. The number of carboxylic acid groups (broad SMARTS) is 1. The minimum atomic E-state index is -4.11. The number of likely N-dealkylation sites (tertiary alicyclic amines) is 1. The molecule has 2 aliphatic rings. The number of aliphatic carboxylic acids is 1. The van der Waals surface area contributed by atoms with Gasteiger partial charge in [-0.25, -0.2) is 13.2 Å². The van der Waals surface area contributed by atoms with E-state index in [1.54, 1.807) is 24.3 Å². The SMILES string of the molecule is NCC(=O)Nc1cccc(S(=O)(=O)N2CCC[C@H]2C(=O)N[C@@H](Cc2ccc(OCCN3CCCCC3)cc2)C(=O)O)c1. The molecule has 228 valence electrons. The number of nitrogens with one attached hydrogen (secondary N) is 2. The molecule has 0 spiro atoms. The van der Waals surface area contributed by atoms with Gasteiger partial charge in [-0.05, 0) is 74.7 Å². The van der Waals surface area contributed by atoms with Gasteiger partial charge in [0.1, 0.15) is 24.4 Å². The van der Waals surface area contributed by atoms with E-state index in [1.165, 1.54) is 43.5 Å². The van der Waals surface area contributed by atoms with E-state index in [2.05, 4.69) is 15.5 Å². The van der Waals surface area contributed by atoms with Crippen LogP contribution in [0.4, 0.5) is 5.69 Å². The first-order valence-corrected chi connectivity index (χ1v) is 15.7. The highest BCUT2D eigenvalue weighted by atomic mass is 32.2. The molecule has 2 aromatic carbocycles. The van der Waals surface area contributed by atoms with Gasteiger partial charge in [0.25, 0.3) is 0 Å². The number of benzene rings is 2. The summed E-state index contributed by atoms with van der Waals surface area (Å²) in [6, 6.07) is 10.5. The van der Waals surface area contributed by atoms with Gasteiger partial charge in [0.2, 0.25) is 21.8 Å². The number of amides is 2. The molecular weight excluding hydrogens is 562 g/mol. The van der Waals surface area contributed by atoms with Crippen molar-refractivity contribution >= 4 is 33.5 Å². The summed E-state index contributed by atoms with van der Waals surface area (Å²) in [5.74, 6) is -1.68. The van der Waals surface area contributed by atoms with Crippen LogP contribution < -0.4 is 21.1 Å². The van der Waals surface area contributed by atoms with Gasteiger partial charge in [-0.3, -0.25) is 14.5 Å². The lowest BCUT2D eigenvalue weighted by Crippen LogP contribution is -2.51. The zero-order valence-electron chi connectivity index (χ0n) is 23.5. The van der Waals surface area contributed by atoms with Crippen LogP contribution in [0.15, 0.2) is 53.4 Å². The first-order chi connectivity index (χ1) is 20.2. The lowest BCUT2D eigenvalue weighted by Gasteiger charge is -2.26. The molecular formula is C29H39N5O7S. The average Bonchev–Trinajstić information content (AvgIpc) is 3.50. The fourth-order valence-corrected chi connectivity index (χ4v) is 6.98. The van der Waals surface area contributed by atoms with Crippen molar-refractivity contribution in [1.82, 2.24) is 14.5 Å². The highest BCUT2D eigenvalue weighted by Gasteiger charge is 2.40. The van der Waals surface area contributed by atoms with Crippen molar-refractivity contribution < 1.29 is 32.6 Å². The Balaban J connectivity index is 1.36. The summed E-state index contributed by atoms with van der Waals surface area (Å²) >= 11 is 0. The van der Waals surface area contributed by atoms with Gasteiger partial charge in [-0.15, -0.1) is 0 Å². The molecule has 2 fully saturated rings. The van der Waals surface area contributed by atoms with Crippen LogP contribution in [0.5, 0.6) is 5.75 Å². The molecule has 42 heavy (non-hydrogen) atoms. The van der Waals surface area contributed by atoms with Crippen LogP contribution in [0.25, 0.3) is 0 Å². The van der Waals surface area contributed by atoms with E-state index in [9.17, 15) is 27.9 Å². The van der Waals surface area contributed by atoms with E-state index in [1.807, 2.05) is 0 Å². The van der Waals surface area contributed by atoms with E-state index in [4.69, 9.17) is 10.5 Å². The van der Waals surface area contributed by atoms with Crippen LogP contribution in [0.2, 0.25) is 0 Å². The molecule has 2 aromatic rings. The molecule has 0 unspecified atom stereocenters. The standard InChI is InChI=1S/C29H39N5O7S/c30-20-27(35)31-22-6-4-7-24(19-22)42(39,40)34-15-5-8-26(34)28(36)32-25(29(37)38)18-21-9-11-23(12-10-21)41-17-16-33-13-2-1-3-14-33/h4,6-7,9-12,19,25-26H,1-3,5,8,13-18,20,30H2,(H,31,35)(H,32,36)(H,37,38)/t25-,26-/m0/s1. The van der Waals surface area contributed by atoms with Crippen molar-refractivity contribution in [2.45, 2.75) is 55.5 Å². The Morgan fingerprint density at radius 2 is 1.76 bits per heavy atom. The zero-order valence-corrected chi connectivity index (χ0v) is 24.4. The van der Waals surface area contributed by atoms with Crippen LogP contribution in [-0.2, 0) is 30.8 Å². The maximum atomic E-state index is 13.4. The van der Waals surface area contributed by atoms with Crippen molar-refractivity contribution in [3.05, 3.63) is 54.1 Å². The average molecular weight is 602 g/mol. The molecule has 0 radical (unpaired) electrons. The van der Waals surface area contributed by atoms with Crippen LogP contribution in [-0.4, -0.2) is 91.9 Å². The quantitative estimate of drug-likeness (QED) is 0.265. The Bertz CT molecular complexity index is 1350. The molecule has 0 saturated carbocycles. The number of rotatable bonds is 13. The van der Waals surface area contributed by atoms with Gasteiger partial charge in [0.05, 0.1) is 11.4 Å². The predicted molar refractivity (Wildman–Crippen MR) is 157 cm³/mol. The smallest absolute Gasteiger partial charge is 0.326 e. The third kappa shape index (κ3) is 8.28. The summed E-state index contributed by atoms with van der Waals surface area (Å²) in [5, 5.41) is 14.9. The maximum absolute atomic E-state index is 13.4. The lowest BCUT2D eigenvalue weighted by atomic mass is 10.1. The highest BCUT2D eigenvalue weighted by Crippen LogP contribution is 2.28. The number of nitrogens with zero attached hydrogens (tertiary/aromatic N) is 2. The number of carboxylic acids is 1. The number of anilines is 1. The molecule has 2 saturated heterocycles. The summed E-state index contributed by atoms with van der Waals surface area (Å²) in [6.07, 6.45) is 4.44. The van der Waals surface area contributed by atoms with E-state index in [0.717, 1.165) is 23.9 Å². The molecule has 2 atom stereocenters. The lowest BCUT2D eigenvalue weighted by molar-refractivity contribution is -0.142. The summed E-state index contributed by atoms with van der Waals surface area (Å²) in [5.41, 5.74) is 6.27. The van der Waals surface area contributed by atoms with Crippen LogP contribution in [0.1, 0.15) is 37.7 Å². The van der Waals surface area contributed by atoms with Crippen LogP contribution in [0, 0.1) is 0 Å². The van der Waals surface area contributed by atoms with Crippen molar-refractivity contribution in [3.63, 3.8) is 0 Å². The topological polar surface area (TPSA) is 171 Å². The highest BCUT2D eigenvalue weighted by molar-refractivity contribution is 7.89. The predicted octanol–water partition coefficient (Wildman–Crippen LogP) is 1.41.